The summed E-state index contributed by atoms with van der Waals surface area (Å²) in [7, 11) is 2.45. The van der Waals surface area contributed by atoms with Crippen molar-refractivity contribution >= 4 is 39.5 Å². The van der Waals surface area contributed by atoms with E-state index in [2.05, 4.69) is 10.3 Å². The number of aromatic nitrogens is 1. The van der Waals surface area contributed by atoms with E-state index < -0.39 is 10.8 Å². The lowest BCUT2D eigenvalue weighted by Gasteiger charge is -2.13. The Morgan fingerprint density at radius 3 is 2.44 bits per heavy atom. The lowest BCUT2D eigenvalue weighted by molar-refractivity contribution is 0.0827. The van der Waals surface area contributed by atoms with Crippen LogP contribution in [0, 0.1) is 13.8 Å². The highest BCUT2D eigenvalue weighted by atomic mass is 32.2. The molecule has 0 fully saturated rings. The van der Waals surface area contributed by atoms with Gasteiger partial charge in [0.15, 0.2) is 5.58 Å². The van der Waals surface area contributed by atoms with Crippen molar-refractivity contribution in [1.82, 2.24) is 9.88 Å². The van der Waals surface area contributed by atoms with Crippen LogP contribution in [0.2, 0.25) is 0 Å². The fourth-order valence-corrected chi connectivity index (χ4v) is 4.28. The van der Waals surface area contributed by atoms with Gasteiger partial charge in [0.1, 0.15) is 5.52 Å². The molecule has 6 nitrogen and oxygen atoms in total. The Balaban J connectivity index is 1.68. The summed E-state index contributed by atoms with van der Waals surface area (Å²) >= 11 is 0. The molecule has 1 unspecified atom stereocenters. The molecule has 1 amide bonds. The van der Waals surface area contributed by atoms with Gasteiger partial charge < -0.3 is 14.6 Å². The van der Waals surface area contributed by atoms with Gasteiger partial charge in [-0.2, -0.15) is 4.98 Å². The predicted molar refractivity (Wildman–Crippen MR) is 129 cm³/mol. The molecule has 3 aromatic carbocycles. The van der Waals surface area contributed by atoms with Gasteiger partial charge in [-0.25, -0.2) is 0 Å². The molecule has 1 N–H and O–H groups in total. The molecule has 0 bridgehead atoms. The van der Waals surface area contributed by atoms with Gasteiger partial charge in [0, 0.05) is 52.9 Å². The maximum absolute atomic E-state index is 12.3. The van der Waals surface area contributed by atoms with Gasteiger partial charge >= 0.3 is 0 Å². The van der Waals surface area contributed by atoms with Gasteiger partial charge in [0.05, 0.1) is 0 Å². The van der Waals surface area contributed by atoms with Gasteiger partial charge in [0.25, 0.3) is 11.9 Å². The van der Waals surface area contributed by atoms with Crippen LogP contribution in [0.25, 0.3) is 22.2 Å². The first-order valence-electron chi connectivity index (χ1n) is 10.2. The summed E-state index contributed by atoms with van der Waals surface area (Å²) in [6.45, 7) is 3.90. The molecular formula is C25H25N3O3S. The molecule has 1 heterocycles. The Labute approximate surface area is 189 Å². The molecule has 4 aromatic rings. The van der Waals surface area contributed by atoms with Crippen LogP contribution in [-0.2, 0) is 10.8 Å². The van der Waals surface area contributed by atoms with E-state index >= 15 is 0 Å². The van der Waals surface area contributed by atoms with E-state index in [1.54, 1.807) is 31.3 Å². The van der Waals surface area contributed by atoms with Crippen molar-refractivity contribution in [3.63, 3.8) is 0 Å². The van der Waals surface area contributed by atoms with Crippen LogP contribution in [0.1, 0.15) is 21.5 Å². The van der Waals surface area contributed by atoms with Gasteiger partial charge in [0.2, 0.25) is 0 Å². The van der Waals surface area contributed by atoms with Gasteiger partial charge in [-0.3, -0.25) is 9.00 Å². The van der Waals surface area contributed by atoms with Crippen molar-refractivity contribution in [2.24, 2.45) is 0 Å². The standard InChI is InChI=1S/C25H25N3O3S/c1-15-13-17(9-11-20(15)24(29)28(3)4)26-25-27-22-8-6-7-21(23(22)31-25)19-12-10-18(32(5)30)14-16(19)2/h6-14H,1-5H3,(H,26,27). The Bertz CT molecular complexity index is 1360. The summed E-state index contributed by atoms with van der Waals surface area (Å²) in [6, 6.07) is 17.6. The zero-order valence-electron chi connectivity index (χ0n) is 18.7. The van der Waals surface area contributed by atoms with Crippen LogP contribution in [0.4, 0.5) is 11.7 Å². The molecule has 0 aliphatic carbocycles. The number of amides is 1. The number of hydrogen-bond acceptors (Lipinski definition) is 5. The minimum absolute atomic E-state index is 0.0335. The number of aryl methyl sites for hydroxylation is 2. The minimum Gasteiger partial charge on any atom is -0.423 e. The van der Waals surface area contributed by atoms with E-state index in [1.807, 2.05) is 62.4 Å². The molecule has 1 aromatic heterocycles. The Kier molecular flexibility index (Phi) is 5.84. The van der Waals surface area contributed by atoms with E-state index in [9.17, 15) is 9.00 Å². The number of oxazole rings is 1. The second-order valence-corrected chi connectivity index (χ2v) is 9.34. The Hall–Kier alpha value is -3.45. The fourth-order valence-electron chi connectivity index (χ4n) is 3.68. The molecule has 1 atom stereocenters. The van der Waals surface area contributed by atoms with E-state index in [4.69, 9.17) is 4.42 Å². The predicted octanol–water partition coefficient (Wildman–Crippen LogP) is 5.29. The van der Waals surface area contributed by atoms with Crippen molar-refractivity contribution in [3.8, 4) is 11.1 Å². The van der Waals surface area contributed by atoms with E-state index in [1.165, 1.54) is 0 Å². The number of fused-ring (bicyclic) bond motifs is 1. The highest BCUT2D eigenvalue weighted by molar-refractivity contribution is 7.84. The number of carbonyl (C=O) groups is 1. The maximum Gasteiger partial charge on any atom is 0.300 e. The van der Waals surface area contributed by atoms with Crippen LogP contribution in [0.5, 0.6) is 0 Å². The zero-order chi connectivity index (χ0) is 23.0. The number of carbonyl (C=O) groups excluding carboxylic acids is 1. The van der Waals surface area contributed by atoms with E-state index in [0.717, 1.165) is 38.4 Å². The Morgan fingerprint density at radius 1 is 1.00 bits per heavy atom. The first-order chi connectivity index (χ1) is 15.2. The normalized spacial score (nSPS) is 12.0. The van der Waals surface area contributed by atoms with Crippen molar-refractivity contribution in [2.75, 3.05) is 25.7 Å². The summed E-state index contributed by atoms with van der Waals surface area (Å²) in [5.74, 6) is -0.0335. The third-order valence-electron chi connectivity index (χ3n) is 5.35. The second-order valence-electron chi connectivity index (χ2n) is 7.96. The van der Waals surface area contributed by atoms with Crippen molar-refractivity contribution < 1.29 is 13.4 Å². The van der Waals surface area contributed by atoms with E-state index in [-0.39, 0.29) is 5.91 Å². The minimum atomic E-state index is -1.03. The molecule has 164 valence electrons. The summed E-state index contributed by atoms with van der Waals surface area (Å²) in [5, 5.41) is 3.20. The van der Waals surface area contributed by atoms with Crippen LogP contribution >= 0.6 is 0 Å². The smallest absolute Gasteiger partial charge is 0.300 e. The lowest BCUT2D eigenvalue weighted by atomic mass is 10.00. The third kappa shape index (κ3) is 4.16. The SMILES string of the molecule is Cc1cc(Nc2nc3cccc(-c4ccc(S(C)=O)cc4C)c3o2)ccc1C(=O)N(C)C. The molecular weight excluding hydrogens is 422 g/mol. The first-order valence-corrected chi connectivity index (χ1v) is 11.7. The van der Waals surface area contributed by atoms with Gasteiger partial charge in [-0.05, 0) is 66.9 Å². The van der Waals surface area contributed by atoms with Gasteiger partial charge in [-0.15, -0.1) is 0 Å². The molecule has 4 rings (SSSR count). The number of anilines is 2. The van der Waals surface area contributed by atoms with Crippen LogP contribution in [0.3, 0.4) is 0 Å². The fraction of sp³-hybridized carbons (Fsp3) is 0.200. The molecule has 0 spiro atoms. The van der Waals surface area contributed by atoms with Gasteiger partial charge in [-0.1, -0.05) is 18.2 Å². The number of rotatable bonds is 5. The number of hydrogen-bond donors (Lipinski definition) is 1. The topological polar surface area (TPSA) is 75.4 Å². The van der Waals surface area contributed by atoms with Crippen molar-refractivity contribution in [1.29, 1.82) is 0 Å². The van der Waals surface area contributed by atoms with E-state index in [0.29, 0.717) is 17.2 Å². The summed E-state index contributed by atoms with van der Waals surface area (Å²) in [5.41, 5.74) is 6.70. The maximum atomic E-state index is 12.3. The molecule has 0 saturated heterocycles. The molecule has 7 heteroatoms. The zero-order valence-corrected chi connectivity index (χ0v) is 19.5. The highest BCUT2D eigenvalue weighted by Crippen LogP contribution is 2.34. The first kappa shape index (κ1) is 21.8. The third-order valence-corrected chi connectivity index (χ3v) is 6.27. The van der Waals surface area contributed by atoms with Crippen molar-refractivity contribution in [2.45, 2.75) is 18.7 Å². The lowest BCUT2D eigenvalue weighted by Crippen LogP contribution is -2.22. The molecule has 32 heavy (non-hydrogen) atoms. The largest absolute Gasteiger partial charge is 0.423 e. The monoisotopic (exact) mass is 447 g/mol. The summed E-state index contributed by atoms with van der Waals surface area (Å²) < 4.78 is 17.9. The van der Waals surface area contributed by atoms with Crippen molar-refractivity contribution in [3.05, 3.63) is 71.3 Å². The van der Waals surface area contributed by atoms with Crippen LogP contribution in [0.15, 0.2) is 63.9 Å². The number of benzene rings is 3. The number of para-hydroxylation sites is 1. The molecule has 0 saturated carbocycles. The quantitative estimate of drug-likeness (QED) is 0.450. The Morgan fingerprint density at radius 2 is 1.78 bits per heavy atom. The second kappa shape index (κ2) is 8.59. The molecule has 0 aliphatic rings. The van der Waals surface area contributed by atoms with Crippen LogP contribution < -0.4 is 5.32 Å². The average molecular weight is 448 g/mol. The molecule has 0 aliphatic heterocycles. The highest BCUT2D eigenvalue weighted by Gasteiger charge is 2.15. The summed E-state index contributed by atoms with van der Waals surface area (Å²) in [6.07, 6.45) is 1.67. The van der Waals surface area contributed by atoms with Crippen LogP contribution in [-0.4, -0.2) is 40.4 Å². The number of nitrogens with one attached hydrogen (secondary N) is 1. The summed E-state index contributed by atoms with van der Waals surface area (Å²) in [4.78, 5) is 19.2. The number of nitrogens with zero attached hydrogens (tertiary/aromatic N) is 2. The molecule has 0 radical (unpaired) electrons. The average Bonchev–Trinajstić information content (AvgIpc) is 3.15.